The molecule has 0 aliphatic heterocycles. The number of imidazole rings is 1. The maximum atomic E-state index is 5.85. The lowest BCUT2D eigenvalue weighted by atomic mass is 10.3. The van der Waals surface area contributed by atoms with Crippen molar-refractivity contribution in [1.29, 1.82) is 0 Å². The van der Waals surface area contributed by atoms with Gasteiger partial charge in [0, 0.05) is 12.6 Å². The molecule has 5 nitrogen and oxygen atoms in total. The van der Waals surface area contributed by atoms with Crippen molar-refractivity contribution in [2.45, 2.75) is 19.5 Å². The van der Waals surface area contributed by atoms with Crippen LogP contribution in [-0.2, 0) is 13.6 Å². The van der Waals surface area contributed by atoms with Gasteiger partial charge in [0.15, 0.2) is 0 Å². The first-order valence-electron chi connectivity index (χ1n) is 4.95. The minimum Gasteiger partial charge on any atom is -0.348 e. The molecule has 2 heterocycles. The average molecular weight is 206 g/mol. The molecule has 0 bridgehead atoms. The van der Waals surface area contributed by atoms with Crippen LogP contribution in [0.1, 0.15) is 6.92 Å². The minimum atomic E-state index is 0.0650. The molecule has 0 saturated carbocycles. The first kappa shape index (κ1) is 9.92. The van der Waals surface area contributed by atoms with E-state index in [0.29, 0.717) is 12.5 Å². The van der Waals surface area contributed by atoms with Crippen molar-refractivity contribution in [3.63, 3.8) is 0 Å². The van der Waals surface area contributed by atoms with Gasteiger partial charge in [0.1, 0.15) is 5.52 Å². The standard InChI is InChI=1S/C10H15N5/c1-7(11)6-15-8-4-3-5-14(2)9(8)13-10(15)12/h3-5,7,12H,6,11H2,1-2H3/p+1. The van der Waals surface area contributed by atoms with Crippen LogP contribution in [0, 0.1) is 0 Å². The highest BCUT2D eigenvalue weighted by atomic mass is 15.2. The van der Waals surface area contributed by atoms with Crippen LogP contribution >= 0.6 is 0 Å². The van der Waals surface area contributed by atoms with Gasteiger partial charge in [0.2, 0.25) is 0 Å². The zero-order valence-corrected chi connectivity index (χ0v) is 9.01. The van der Waals surface area contributed by atoms with E-state index in [-0.39, 0.29) is 6.04 Å². The summed E-state index contributed by atoms with van der Waals surface area (Å²) in [4.78, 5) is 4.31. The molecule has 0 aromatic carbocycles. The fourth-order valence-corrected chi connectivity index (χ4v) is 1.71. The molecule has 0 radical (unpaired) electrons. The van der Waals surface area contributed by atoms with Gasteiger partial charge in [0.05, 0.1) is 13.2 Å². The number of nitrogens with zero attached hydrogens (tertiary/aromatic N) is 3. The summed E-state index contributed by atoms with van der Waals surface area (Å²) in [6.45, 7) is 2.64. The molecule has 2 aromatic heterocycles. The molecule has 0 spiro atoms. The second-order valence-corrected chi connectivity index (χ2v) is 3.89. The Balaban J connectivity index is 2.63. The third-order valence-corrected chi connectivity index (χ3v) is 2.39. The molecule has 0 amide bonds. The fraction of sp³-hybridized carbons (Fsp3) is 0.400. The van der Waals surface area contributed by atoms with E-state index in [1.807, 2.05) is 41.4 Å². The van der Waals surface area contributed by atoms with Gasteiger partial charge >= 0.3 is 11.6 Å². The molecule has 80 valence electrons. The number of rotatable bonds is 2. The molecule has 0 saturated heterocycles. The number of hydrogen-bond donors (Lipinski definition) is 2. The summed E-state index contributed by atoms with van der Waals surface area (Å²) in [6, 6.07) is 4.04. The van der Waals surface area contributed by atoms with Gasteiger partial charge < -0.3 is 11.5 Å². The van der Waals surface area contributed by atoms with Gasteiger partial charge in [-0.25, -0.2) is 4.57 Å². The molecule has 5 heteroatoms. The topological polar surface area (TPSA) is 73.7 Å². The van der Waals surface area contributed by atoms with Gasteiger partial charge in [-0.15, -0.1) is 0 Å². The van der Waals surface area contributed by atoms with Gasteiger partial charge in [-0.3, -0.25) is 4.57 Å². The Morgan fingerprint density at radius 3 is 3.00 bits per heavy atom. The highest BCUT2D eigenvalue weighted by molar-refractivity contribution is 5.71. The summed E-state index contributed by atoms with van der Waals surface area (Å²) in [5.74, 6) is 0.518. The SMILES string of the molecule is CC(N)Cn1c(N)nc2c1ccc[n+]2C. The van der Waals surface area contributed by atoms with Gasteiger partial charge in [0.25, 0.3) is 0 Å². The summed E-state index contributed by atoms with van der Waals surface area (Å²) < 4.78 is 3.89. The van der Waals surface area contributed by atoms with Gasteiger partial charge in [-0.2, -0.15) is 0 Å². The molecule has 1 atom stereocenters. The Hall–Kier alpha value is -1.62. The van der Waals surface area contributed by atoms with E-state index in [4.69, 9.17) is 11.5 Å². The van der Waals surface area contributed by atoms with Crippen LogP contribution in [0.3, 0.4) is 0 Å². The molecule has 0 aliphatic rings. The van der Waals surface area contributed by atoms with E-state index < -0.39 is 0 Å². The first-order valence-corrected chi connectivity index (χ1v) is 4.95. The van der Waals surface area contributed by atoms with Crippen molar-refractivity contribution in [1.82, 2.24) is 9.55 Å². The van der Waals surface area contributed by atoms with Crippen molar-refractivity contribution < 1.29 is 4.57 Å². The number of pyridine rings is 1. The Kier molecular flexibility index (Phi) is 2.32. The maximum Gasteiger partial charge on any atom is 0.351 e. The van der Waals surface area contributed by atoms with Crippen LogP contribution in [0.2, 0.25) is 0 Å². The number of nitrogens with two attached hydrogens (primary N) is 2. The Morgan fingerprint density at radius 2 is 2.33 bits per heavy atom. The summed E-state index contributed by atoms with van der Waals surface area (Å²) >= 11 is 0. The van der Waals surface area contributed by atoms with E-state index in [2.05, 4.69) is 4.98 Å². The van der Waals surface area contributed by atoms with E-state index >= 15 is 0 Å². The maximum absolute atomic E-state index is 5.85. The van der Waals surface area contributed by atoms with Crippen LogP contribution in [0.15, 0.2) is 18.3 Å². The largest absolute Gasteiger partial charge is 0.351 e. The Labute approximate surface area is 88.3 Å². The summed E-state index contributed by atoms with van der Waals surface area (Å²) in [7, 11) is 1.95. The highest BCUT2D eigenvalue weighted by Crippen LogP contribution is 2.14. The lowest BCUT2D eigenvalue weighted by Gasteiger charge is -2.06. The van der Waals surface area contributed by atoms with Crippen LogP contribution in [0.25, 0.3) is 11.2 Å². The number of fused-ring (bicyclic) bond motifs is 1. The Morgan fingerprint density at radius 1 is 1.60 bits per heavy atom. The van der Waals surface area contributed by atoms with Crippen LogP contribution in [0.5, 0.6) is 0 Å². The number of aryl methyl sites for hydroxylation is 1. The van der Waals surface area contributed by atoms with Crippen molar-refractivity contribution in [2.24, 2.45) is 12.8 Å². The van der Waals surface area contributed by atoms with Crippen molar-refractivity contribution >= 4 is 17.1 Å². The number of anilines is 1. The van der Waals surface area contributed by atoms with Crippen molar-refractivity contribution in [2.75, 3.05) is 5.73 Å². The van der Waals surface area contributed by atoms with Gasteiger partial charge in [-0.05, 0) is 24.0 Å². The first-order chi connectivity index (χ1) is 7.09. The van der Waals surface area contributed by atoms with E-state index in [0.717, 1.165) is 11.2 Å². The normalized spacial score (nSPS) is 13.3. The predicted octanol–water partition coefficient (Wildman–Crippen LogP) is -0.210. The number of hydrogen-bond acceptors (Lipinski definition) is 3. The third-order valence-electron chi connectivity index (χ3n) is 2.39. The lowest BCUT2D eigenvalue weighted by molar-refractivity contribution is -0.646. The second-order valence-electron chi connectivity index (χ2n) is 3.89. The molecule has 0 fully saturated rings. The lowest BCUT2D eigenvalue weighted by Crippen LogP contribution is -2.28. The summed E-state index contributed by atoms with van der Waals surface area (Å²) in [5.41, 5.74) is 13.5. The van der Waals surface area contributed by atoms with E-state index in [1.54, 1.807) is 0 Å². The molecular weight excluding hydrogens is 190 g/mol. The fourth-order valence-electron chi connectivity index (χ4n) is 1.71. The zero-order valence-electron chi connectivity index (χ0n) is 9.01. The van der Waals surface area contributed by atoms with Crippen molar-refractivity contribution in [3.8, 4) is 0 Å². The molecule has 1 unspecified atom stereocenters. The van der Waals surface area contributed by atoms with Crippen molar-refractivity contribution in [3.05, 3.63) is 18.3 Å². The van der Waals surface area contributed by atoms with Crippen LogP contribution in [-0.4, -0.2) is 15.6 Å². The molecular formula is C10H16N5+. The monoisotopic (exact) mass is 206 g/mol. The average Bonchev–Trinajstić information content (AvgIpc) is 2.45. The second kappa shape index (κ2) is 3.51. The summed E-state index contributed by atoms with van der Waals surface area (Å²) in [5, 5.41) is 0. The molecule has 0 aliphatic carbocycles. The highest BCUT2D eigenvalue weighted by Gasteiger charge is 2.18. The Bertz CT molecular complexity index is 486. The number of aromatic nitrogens is 3. The number of nitrogen functional groups attached to an aromatic ring is 1. The van der Waals surface area contributed by atoms with E-state index in [9.17, 15) is 0 Å². The smallest absolute Gasteiger partial charge is 0.348 e. The molecule has 4 N–H and O–H groups in total. The molecule has 2 aromatic rings. The quantitative estimate of drug-likeness (QED) is 0.668. The zero-order chi connectivity index (χ0) is 11.0. The molecule has 15 heavy (non-hydrogen) atoms. The van der Waals surface area contributed by atoms with Crippen LogP contribution in [0.4, 0.5) is 5.95 Å². The minimum absolute atomic E-state index is 0.0650. The van der Waals surface area contributed by atoms with Gasteiger partial charge in [-0.1, -0.05) is 0 Å². The van der Waals surface area contributed by atoms with E-state index in [1.165, 1.54) is 0 Å². The third kappa shape index (κ3) is 1.66. The molecule has 2 rings (SSSR count). The van der Waals surface area contributed by atoms with Crippen LogP contribution < -0.4 is 16.0 Å². The summed E-state index contributed by atoms with van der Waals surface area (Å²) in [6.07, 6.45) is 1.95. The predicted molar refractivity (Wildman–Crippen MR) is 59.0 cm³/mol.